The van der Waals surface area contributed by atoms with Crippen molar-refractivity contribution in [2.45, 2.75) is 33.3 Å². The van der Waals surface area contributed by atoms with Crippen molar-refractivity contribution in [3.05, 3.63) is 35.6 Å². The average molecular weight is 437 g/mol. The predicted molar refractivity (Wildman–Crippen MR) is 105 cm³/mol. The maximum Gasteiger partial charge on any atom is 0.191 e. The van der Waals surface area contributed by atoms with Gasteiger partial charge in [-0.3, -0.25) is 4.99 Å². The number of ether oxygens (including phenoxy) is 1. The second-order valence-corrected chi connectivity index (χ2v) is 6.31. The highest BCUT2D eigenvalue weighted by Gasteiger charge is 2.24. The number of aliphatic imine (C=N–C) groups is 1. The van der Waals surface area contributed by atoms with Crippen molar-refractivity contribution in [3.63, 3.8) is 0 Å². The zero-order valence-corrected chi connectivity index (χ0v) is 17.0. The van der Waals surface area contributed by atoms with Crippen LogP contribution in [0.25, 0.3) is 0 Å². The van der Waals surface area contributed by atoms with Crippen LogP contribution in [-0.2, 0) is 11.2 Å². The van der Waals surface area contributed by atoms with Crippen molar-refractivity contribution in [1.29, 1.82) is 0 Å². The number of benzene rings is 1. The van der Waals surface area contributed by atoms with Crippen molar-refractivity contribution < 1.29 is 9.13 Å². The third-order valence-electron chi connectivity index (χ3n) is 3.57. The molecule has 0 spiro atoms. The van der Waals surface area contributed by atoms with Crippen LogP contribution in [0, 0.1) is 11.2 Å². The van der Waals surface area contributed by atoms with Crippen LogP contribution in [0.4, 0.5) is 4.39 Å². The Balaban J connectivity index is 0.00000484. The molecule has 0 aliphatic heterocycles. The summed E-state index contributed by atoms with van der Waals surface area (Å²) in [6.45, 7) is 7.69. The van der Waals surface area contributed by atoms with E-state index in [0.29, 0.717) is 31.0 Å². The predicted octanol–water partition coefficient (Wildman–Crippen LogP) is 3.21. The molecule has 0 aliphatic rings. The van der Waals surface area contributed by atoms with Gasteiger partial charge in [0.2, 0.25) is 0 Å². The van der Waals surface area contributed by atoms with Gasteiger partial charge in [0.1, 0.15) is 5.82 Å². The lowest BCUT2D eigenvalue weighted by Crippen LogP contribution is -2.45. The number of halogens is 2. The van der Waals surface area contributed by atoms with E-state index < -0.39 is 0 Å². The second-order valence-electron chi connectivity index (χ2n) is 6.31. The van der Waals surface area contributed by atoms with Crippen LogP contribution in [0.15, 0.2) is 29.3 Å². The molecule has 132 valence electrons. The number of nitrogens with zero attached hydrogens (tertiary/aromatic N) is 1. The minimum absolute atomic E-state index is 0. The van der Waals surface area contributed by atoms with Gasteiger partial charge in [-0.15, -0.1) is 24.0 Å². The van der Waals surface area contributed by atoms with E-state index in [-0.39, 0.29) is 41.3 Å². The Hall–Kier alpha value is -0.890. The Bertz CT molecular complexity index is 489. The molecule has 1 aromatic rings. The quantitative estimate of drug-likeness (QED) is 0.408. The van der Waals surface area contributed by atoms with E-state index in [1.165, 1.54) is 6.07 Å². The molecule has 6 heteroatoms. The lowest BCUT2D eigenvalue weighted by molar-refractivity contribution is 0.0205. The highest BCUT2D eigenvalue weighted by molar-refractivity contribution is 14.0. The molecule has 1 unspecified atom stereocenters. The minimum atomic E-state index is -0.167. The van der Waals surface area contributed by atoms with E-state index >= 15 is 0 Å². The van der Waals surface area contributed by atoms with Gasteiger partial charge in [-0.1, -0.05) is 39.0 Å². The van der Waals surface area contributed by atoms with Crippen LogP contribution in [0.5, 0.6) is 0 Å². The van der Waals surface area contributed by atoms with Crippen LogP contribution >= 0.6 is 24.0 Å². The molecule has 0 bridgehead atoms. The van der Waals surface area contributed by atoms with Gasteiger partial charge in [0.15, 0.2) is 5.96 Å². The number of rotatable bonds is 6. The average Bonchev–Trinajstić information content (AvgIpc) is 2.46. The number of methoxy groups -OCH3 is 1. The fraction of sp³-hybridized carbons (Fsp3) is 0.588. The highest BCUT2D eigenvalue weighted by Crippen LogP contribution is 2.20. The lowest BCUT2D eigenvalue weighted by atomic mass is 9.89. The van der Waals surface area contributed by atoms with Crippen molar-refractivity contribution in [1.82, 2.24) is 10.6 Å². The maximum absolute atomic E-state index is 13.5. The van der Waals surface area contributed by atoms with E-state index in [1.54, 1.807) is 26.3 Å². The Morgan fingerprint density at radius 2 is 1.91 bits per heavy atom. The van der Waals surface area contributed by atoms with E-state index in [2.05, 4.69) is 36.4 Å². The van der Waals surface area contributed by atoms with Crippen LogP contribution in [0.3, 0.4) is 0 Å². The first-order chi connectivity index (χ1) is 10.4. The summed E-state index contributed by atoms with van der Waals surface area (Å²) in [4.78, 5) is 4.18. The van der Waals surface area contributed by atoms with Gasteiger partial charge in [-0.25, -0.2) is 4.39 Å². The minimum Gasteiger partial charge on any atom is -0.379 e. The molecule has 0 aromatic heterocycles. The largest absolute Gasteiger partial charge is 0.379 e. The molecule has 23 heavy (non-hydrogen) atoms. The monoisotopic (exact) mass is 437 g/mol. The first kappa shape index (κ1) is 22.1. The summed E-state index contributed by atoms with van der Waals surface area (Å²) < 4.78 is 19.0. The van der Waals surface area contributed by atoms with E-state index in [4.69, 9.17) is 4.74 Å². The molecule has 0 heterocycles. The van der Waals surface area contributed by atoms with Gasteiger partial charge in [-0.2, -0.15) is 0 Å². The Morgan fingerprint density at radius 3 is 2.43 bits per heavy atom. The van der Waals surface area contributed by atoms with Crippen LogP contribution in [0.1, 0.15) is 26.3 Å². The van der Waals surface area contributed by atoms with Gasteiger partial charge in [-0.05, 0) is 23.5 Å². The summed E-state index contributed by atoms with van der Waals surface area (Å²) in [5.41, 5.74) is 0.753. The van der Waals surface area contributed by atoms with Crippen LogP contribution in [0.2, 0.25) is 0 Å². The van der Waals surface area contributed by atoms with Gasteiger partial charge in [0.25, 0.3) is 0 Å². The normalized spacial score (nSPS) is 13.2. The zero-order valence-electron chi connectivity index (χ0n) is 14.6. The highest BCUT2D eigenvalue weighted by atomic mass is 127. The topological polar surface area (TPSA) is 45.7 Å². The van der Waals surface area contributed by atoms with Crippen molar-refractivity contribution in [2.24, 2.45) is 10.4 Å². The summed E-state index contributed by atoms with van der Waals surface area (Å²) >= 11 is 0. The number of hydrogen-bond acceptors (Lipinski definition) is 2. The molecule has 0 saturated carbocycles. The number of nitrogens with one attached hydrogen (secondary N) is 2. The Morgan fingerprint density at radius 1 is 1.26 bits per heavy atom. The second kappa shape index (κ2) is 10.8. The molecule has 0 aliphatic carbocycles. The van der Waals surface area contributed by atoms with Crippen LogP contribution < -0.4 is 10.6 Å². The number of guanidine groups is 1. The van der Waals surface area contributed by atoms with Crippen molar-refractivity contribution in [2.75, 3.05) is 27.2 Å². The summed E-state index contributed by atoms with van der Waals surface area (Å²) in [6, 6.07) is 6.82. The van der Waals surface area contributed by atoms with Gasteiger partial charge >= 0.3 is 0 Å². The Kier molecular flexibility index (Phi) is 10.4. The third kappa shape index (κ3) is 7.97. The summed E-state index contributed by atoms with van der Waals surface area (Å²) in [5.74, 6) is 0.530. The van der Waals surface area contributed by atoms with Crippen LogP contribution in [-0.4, -0.2) is 39.3 Å². The standard InChI is InChI=1S/C17H28FN3O.HI/c1-17(2,3)15(22-5)12-21-16(19-4)20-11-10-13-8-6-7-9-14(13)18;/h6-9,15H,10-12H2,1-5H3,(H2,19,20,21);1H. The molecule has 1 aromatic carbocycles. The lowest BCUT2D eigenvalue weighted by Gasteiger charge is -2.30. The molecule has 1 rings (SSSR count). The molecule has 0 saturated heterocycles. The fourth-order valence-electron chi connectivity index (χ4n) is 2.17. The van der Waals surface area contributed by atoms with Crippen molar-refractivity contribution in [3.8, 4) is 0 Å². The first-order valence-corrected chi connectivity index (χ1v) is 7.59. The fourth-order valence-corrected chi connectivity index (χ4v) is 2.17. The van der Waals surface area contributed by atoms with Crippen molar-refractivity contribution >= 4 is 29.9 Å². The molecular formula is C17H29FIN3O. The van der Waals surface area contributed by atoms with Gasteiger partial charge < -0.3 is 15.4 Å². The summed E-state index contributed by atoms with van der Waals surface area (Å²) in [5, 5.41) is 6.44. The van der Waals surface area contributed by atoms with Gasteiger partial charge in [0.05, 0.1) is 6.10 Å². The SMILES string of the molecule is CN=C(NCCc1ccccc1F)NCC(OC)C(C)(C)C.I. The van der Waals surface area contributed by atoms with Gasteiger partial charge in [0, 0.05) is 27.2 Å². The molecule has 0 amide bonds. The molecule has 4 nitrogen and oxygen atoms in total. The smallest absolute Gasteiger partial charge is 0.191 e. The molecular weight excluding hydrogens is 408 g/mol. The summed E-state index contributed by atoms with van der Waals surface area (Å²) in [7, 11) is 3.43. The van der Waals surface area contributed by atoms with E-state index in [0.717, 1.165) is 0 Å². The Labute approximate surface area is 156 Å². The van der Waals surface area contributed by atoms with E-state index in [1.807, 2.05) is 6.07 Å². The molecule has 1 atom stereocenters. The maximum atomic E-state index is 13.5. The zero-order chi connectivity index (χ0) is 16.6. The van der Waals surface area contributed by atoms with E-state index in [9.17, 15) is 4.39 Å². The molecule has 2 N–H and O–H groups in total. The third-order valence-corrected chi connectivity index (χ3v) is 3.57. The molecule has 0 radical (unpaired) electrons. The molecule has 0 fully saturated rings. The summed E-state index contributed by atoms with van der Waals surface area (Å²) in [6.07, 6.45) is 0.693. The first-order valence-electron chi connectivity index (χ1n) is 7.59. The number of hydrogen-bond donors (Lipinski definition) is 2.